The Bertz CT molecular complexity index is 918. The van der Waals surface area contributed by atoms with Gasteiger partial charge in [0, 0.05) is 17.5 Å². The van der Waals surface area contributed by atoms with E-state index in [1.807, 2.05) is 11.8 Å². The first-order valence-electron chi connectivity index (χ1n) is 10.2. The molecule has 2 aromatic rings. The van der Waals surface area contributed by atoms with Crippen molar-refractivity contribution < 1.29 is 9.18 Å². The highest BCUT2D eigenvalue weighted by atomic mass is 32.1. The van der Waals surface area contributed by atoms with Crippen molar-refractivity contribution in [3.05, 3.63) is 44.6 Å². The van der Waals surface area contributed by atoms with E-state index in [0.29, 0.717) is 12.0 Å². The van der Waals surface area contributed by atoms with Crippen molar-refractivity contribution in [1.29, 1.82) is 0 Å². The lowest BCUT2D eigenvalue weighted by molar-refractivity contribution is -0.138. The van der Waals surface area contributed by atoms with Crippen LogP contribution >= 0.6 is 11.3 Å². The molecule has 4 nitrogen and oxygen atoms in total. The number of carbonyl (C=O) groups is 1. The van der Waals surface area contributed by atoms with Crippen molar-refractivity contribution in [2.45, 2.75) is 58.5 Å². The monoisotopic (exact) mass is 402 g/mol. The second kappa shape index (κ2) is 7.82. The van der Waals surface area contributed by atoms with Crippen molar-refractivity contribution in [3.63, 3.8) is 0 Å². The minimum absolute atomic E-state index is 0.0347. The number of carbonyl (C=O) groups excluding carboxylic acids is 1. The summed E-state index contributed by atoms with van der Waals surface area (Å²) in [6.07, 6.45) is 5.69. The summed E-state index contributed by atoms with van der Waals surface area (Å²) in [4.78, 5) is 28.6. The molecule has 1 aromatic heterocycles. The van der Waals surface area contributed by atoms with Gasteiger partial charge < -0.3 is 4.90 Å². The summed E-state index contributed by atoms with van der Waals surface area (Å²) in [5, 5.41) is 0. The first-order valence-corrected chi connectivity index (χ1v) is 11.0. The SMILES string of the molecule is Cc1sc(=O)n(CC(=O)N2CCC[C@@H]3C[C@H](C)CC[C@H]32)c1-c1ccc(F)cc1. The van der Waals surface area contributed by atoms with Crippen LogP contribution < -0.4 is 4.87 Å². The number of thiazole rings is 1. The maximum Gasteiger partial charge on any atom is 0.308 e. The summed E-state index contributed by atoms with van der Waals surface area (Å²) in [5.74, 6) is 1.06. The predicted octanol–water partition coefficient (Wildman–Crippen LogP) is 4.45. The molecule has 150 valence electrons. The highest BCUT2D eigenvalue weighted by Crippen LogP contribution is 2.38. The molecule has 0 radical (unpaired) electrons. The number of rotatable bonds is 3. The molecule has 0 N–H and O–H groups in total. The Hall–Kier alpha value is -1.95. The van der Waals surface area contributed by atoms with Gasteiger partial charge in [0.2, 0.25) is 5.91 Å². The van der Waals surface area contributed by atoms with Crippen LogP contribution in [0.2, 0.25) is 0 Å². The van der Waals surface area contributed by atoms with Gasteiger partial charge >= 0.3 is 4.87 Å². The Morgan fingerprint density at radius 2 is 1.96 bits per heavy atom. The minimum atomic E-state index is -0.313. The van der Waals surface area contributed by atoms with Crippen LogP contribution in [0.15, 0.2) is 29.1 Å². The van der Waals surface area contributed by atoms with Crippen molar-refractivity contribution in [2.75, 3.05) is 6.54 Å². The third-order valence-electron chi connectivity index (χ3n) is 6.37. The fourth-order valence-corrected chi connectivity index (χ4v) is 5.91. The molecular weight excluding hydrogens is 375 g/mol. The van der Waals surface area contributed by atoms with Gasteiger partial charge in [-0.25, -0.2) is 4.39 Å². The van der Waals surface area contributed by atoms with Gasteiger partial charge in [-0.2, -0.15) is 0 Å². The summed E-state index contributed by atoms with van der Waals surface area (Å²) < 4.78 is 14.9. The van der Waals surface area contributed by atoms with E-state index in [4.69, 9.17) is 0 Å². The third-order valence-corrected chi connectivity index (χ3v) is 7.27. The van der Waals surface area contributed by atoms with Crippen LogP contribution in [0.4, 0.5) is 4.39 Å². The zero-order chi connectivity index (χ0) is 19.8. The Labute approximate surface area is 169 Å². The van der Waals surface area contributed by atoms with Crippen LogP contribution in [-0.2, 0) is 11.3 Å². The normalized spacial score (nSPS) is 24.8. The van der Waals surface area contributed by atoms with E-state index >= 15 is 0 Å². The summed E-state index contributed by atoms with van der Waals surface area (Å²) in [5.41, 5.74) is 1.50. The molecule has 0 spiro atoms. The molecule has 1 saturated carbocycles. The second-order valence-electron chi connectivity index (χ2n) is 8.34. The van der Waals surface area contributed by atoms with Crippen LogP contribution in [0.25, 0.3) is 11.3 Å². The number of nitrogens with zero attached hydrogens (tertiary/aromatic N) is 2. The molecule has 1 aliphatic heterocycles. The maximum absolute atomic E-state index is 13.3. The van der Waals surface area contributed by atoms with E-state index in [9.17, 15) is 14.0 Å². The number of amides is 1. The fraction of sp³-hybridized carbons (Fsp3) is 0.545. The number of halogens is 1. The molecule has 2 fully saturated rings. The number of hydrogen-bond acceptors (Lipinski definition) is 3. The molecule has 1 aliphatic carbocycles. The largest absolute Gasteiger partial charge is 0.338 e. The number of aryl methyl sites for hydroxylation is 1. The van der Waals surface area contributed by atoms with Crippen LogP contribution in [-0.4, -0.2) is 28.0 Å². The molecule has 3 atom stereocenters. The van der Waals surface area contributed by atoms with E-state index in [1.54, 1.807) is 16.7 Å². The zero-order valence-corrected chi connectivity index (χ0v) is 17.3. The predicted molar refractivity (Wildman–Crippen MR) is 110 cm³/mol. The molecule has 2 heterocycles. The van der Waals surface area contributed by atoms with Crippen LogP contribution in [0.5, 0.6) is 0 Å². The summed E-state index contributed by atoms with van der Waals surface area (Å²) in [6.45, 7) is 5.04. The number of fused-ring (bicyclic) bond motifs is 1. The van der Waals surface area contributed by atoms with Gasteiger partial charge in [0.15, 0.2) is 0 Å². The smallest absolute Gasteiger partial charge is 0.308 e. The Kier molecular flexibility index (Phi) is 5.41. The maximum atomic E-state index is 13.3. The van der Waals surface area contributed by atoms with Gasteiger partial charge in [0.25, 0.3) is 0 Å². The minimum Gasteiger partial charge on any atom is -0.338 e. The van der Waals surface area contributed by atoms with Gasteiger partial charge in [-0.05, 0) is 80.7 Å². The van der Waals surface area contributed by atoms with Crippen molar-refractivity contribution in [2.24, 2.45) is 11.8 Å². The molecular formula is C22H27FN2O2S. The highest BCUT2D eigenvalue weighted by molar-refractivity contribution is 7.09. The number of piperidine rings is 1. The van der Waals surface area contributed by atoms with Crippen LogP contribution in [0.1, 0.15) is 43.9 Å². The topological polar surface area (TPSA) is 42.3 Å². The van der Waals surface area contributed by atoms with Crippen molar-refractivity contribution in [3.8, 4) is 11.3 Å². The molecule has 6 heteroatoms. The molecule has 0 unspecified atom stereocenters. The van der Waals surface area contributed by atoms with Gasteiger partial charge in [0.1, 0.15) is 12.4 Å². The van der Waals surface area contributed by atoms with E-state index in [1.165, 1.54) is 31.4 Å². The van der Waals surface area contributed by atoms with Crippen molar-refractivity contribution >= 4 is 17.2 Å². The molecule has 2 aliphatic rings. The molecule has 1 saturated heterocycles. The van der Waals surface area contributed by atoms with Crippen LogP contribution in [0, 0.1) is 24.6 Å². The van der Waals surface area contributed by atoms with E-state index in [-0.39, 0.29) is 23.1 Å². The van der Waals surface area contributed by atoms with E-state index in [2.05, 4.69) is 6.92 Å². The number of aromatic nitrogens is 1. The Morgan fingerprint density at radius 3 is 2.71 bits per heavy atom. The summed E-state index contributed by atoms with van der Waals surface area (Å²) in [6, 6.07) is 6.44. The van der Waals surface area contributed by atoms with Gasteiger partial charge in [-0.1, -0.05) is 18.3 Å². The van der Waals surface area contributed by atoms with Gasteiger partial charge in [-0.3, -0.25) is 14.2 Å². The van der Waals surface area contributed by atoms with Gasteiger partial charge in [0.05, 0.1) is 5.69 Å². The van der Waals surface area contributed by atoms with Crippen molar-refractivity contribution in [1.82, 2.24) is 9.47 Å². The van der Waals surface area contributed by atoms with Crippen LogP contribution in [0.3, 0.4) is 0 Å². The number of hydrogen-bond donors (Lipinski definition) is 0. The third kappa shape index (κ3) is 3.66. The summed E-state index contributed by atoms with van der Waals surface area (Å²) >= 11 is 1.15. The molecule has 1 amide bonds. The summed E-state index contributed by atoms with van der Waals surface area (Å²) in [7, 11) is 0. The average Bonchev–Trinajstić information content (AvgIpc) is 2.95. The van der Waals surface area contributed by atoms with Gasteiger partial charge in [-0.15, -0.1) is 0 Å². The first-order chi connectivity index (χ1) is 13.4. The standard InChI is InChI=1S/C22H27FN2O2S/c1-14-5-10-19-17(12-14)4-3-11-24(19)20(26)13-25-21(15(2)28-22(25)27)16-6-8-18(23)9-7-16/h6-9,14,17,19H,3-5,10-13H2,1-2H3/t14-,17-,19-/m1/s1. The lowest BCUT2D eigenvalue weighted by Gasteiger charge is -2.45. The second-order valence-corrected chi connectivity index (χ2v) is 9.51. The van der Waals surface area contributed by atoms with E-state index in [0.717, 1.165) is 52.8 Å². The number of benzene rings is 1. The Balaban J connectivity index is 1.60. The Morgan fingerprint density at radius 1 is 1.21 bits per heavy atom. The lowest BCUT2D eigenvalue weighted by Crippen LogP contribution is -2.51. The molecule has 28 heavy (non-hydrogen) atoms. The molecule has 4 rings (SSSR count). The molecule has 1 aromatic carbocycles. The van der Waals surface area contributed by atoms with E-state index < -0.39 is 0 Å². The highest BCUT2D eigenvalue weighted by Gasteiger charge is 2.37. The fourth-order valence-electron chi connectivity index (χ4n) is 5.05. The lowest BCUT2D eigenvalue weighted by atomic mass is 9.74. The zero-order valence-electron chi connectivity index (χ0n) is 16.5. The molecule has 0 bridgehead atoms. The first kappa shape index (κ1) is 19.4. The average molecular weight is 403 g/mol. The number of likely N-dealkylation sites (tertiary alicyclic amines) is 1. The quantitative estimate of drug-likeness (QED) is 0.761.